The van der Waals surface area contributed by atoms with Gasteiger partial charge < -0.3 is 14.8 Å². The van der Waals surface area contributed by atoms with Gasteiger partial charge in [-0.1, -0.05) is 24.3 Å². The van der Waals surface area contributed by atoms with Gasteiger partial charge >= 0.3 is 5.97 Å². The van der Waals surface area contributed by atoms with Gasteiger partial charge in [0.1, 0.15) is 5.75 Å². The number of para-hydroxylation sites is 1. The summed E-state index contributed by atoms with van der Waals surface area (Å²) in [6.45, 7) is 1.36. The number of methoxy groups -OCH3 is 1. The minimum atomic E-state index is -0.731. The standard InChI is InChI=1S/C18H18N2O6/c1-12-7-8-16(25-2)14(9-12)19-17(21)11-26-18(22)10-13-5-3-4-6-15(13)20(23)24/h3-9H,10-11H2,1-2H3,(H,19,21). The van der Waals surface area contributed by atoms with Crippen molar-refractivity contribution in [1.82, 2.24) is 0 Å². The number of ether oxygens (including phenoxy) is 2. The van der Waals surface area contributed by atoms with E-state index in [-0.39, 0.29) is 17.7 Å². The number of amides is 1. The molecule has 0 radical (unpaired) electrons. The van der Waals surface area contributed by atoms with E-state index in [2.05, 4.69) is 5.32 Å². The van der Waals surface area contributed by atoms with E-state index >= 15 is 0 Å². The molecule has 0 saturated carbocycles. The summed E-state index contributed by atoms with van der Waals surface area (Å²) in [5, 5.41) is 13.5. The Morgan fingerprint density at radius 3 is 2.62 bits per heavy atom. The van der Waals surface area contributed by atoms with Crippen LogP contribution in [0.1, 0.15) is 11.1 Å². The van der Waals surface area contributed by atoms with Crippen molar-refractivity contribution < 1.29 is 24.0 Å². The van der Waals surface area contributed by atoms with Crippen LogP contribution in [-0.4, -0.2) is 30.5 Å². The van der Waals surface area contributed by atoms with Gasteiger partial charge in [-0.2, -0.15) is 0 Å². The molecule has 0 aromatic heterocycles. The van der Waals surface area contributed by atoms with Crippen LogP contribution < -0.4 is 10.1 Å². The smallest absolute Gasteiger partial charge is 0.311 e. The highest BCUT2D eigenvalue weighted by Crippen LogP contribution is 2.25. The molecule has 0 spiro atoms. The molecule has 2 aromatic rings. The second-order valence-electron chi connectivity index (χ2n) is 5.48. The van der Waals surface area contributed by atoms with Crippen molar-refractivity contribution in [1.29, 1.82) is 0 Å². The number of hydrogen-bond donors (Lipinski definition) is 1. The van der Waals surface area contributed by atoms with Crippen molar-refractivity contribution >= 4 is 23.3 Å². The first-order chi connectivity index (χ1) is 12.4. The van der Waals surface area contributed by atoms with Crippen LogP contribution in [0.15, 0.2) is 42.5 Å². The van der Waals surface area contributed by atoms with Crippen molar-refractivity contribution in [2.75, 3.05) is 19.0 Å². The summed E-state index contributed by atoms with van der Waals surface area (Å²) in [5.41, 5.74) is 1.45. The van der Waals surface area contributed by atoms with Crippen molar-refractivity contribution in [2.24, 2.45) is 0 Å². The zero-order valence-corrected chi connectivity index (χ0v) is 14.4. The minimum absolute atomic E-state index is 0.168. The second kappa shape index (κ2) is 8.61. The molecule has 0 unspecified atom stereocenters. The Balaban J connectivity index is 1.93. The SMILES string of the molecule is COc1ccc(C)cc1NC(=O)COC(=O)Cc1ccccc1[N+](=O)[O-]. The Bertz CT molecular complexity index is 834. The summed E-state index contributed by atoms with van der Waals surface area (Å²) in [7, 11) is 1.48. The Morgan fingerprint density at radius 2 is 1.92 bits per heavy atom. The Kier molecular flexibility index (Phi) is 6.26. The first-order valence-corrected chi connectivity index (χ1v) is 7.73. The van der Waals surface area contributed by atoms with Crippen LogP contribution in [0.2, 0.25) is 0 Å². The van der Waals surface area contributed by atoms with E-state index < -0.39 is 23.4 Å². The van der Waals surface area contributed by atoms with Crippen molar-refractivity contribution in [3.63, 3.8) is 0 Å². The normalized spacial score (nSPS) is 10.1. The molecule has 1 N–H and O–H groups in total. The van der Waals surface area contributed by atoms with Crippen LogP contribution >= 0.6 is 0 Å². The summed E-state index contributed by atoms with van der Waals surface area (Å²) in [4.78, 5) is 34.2. The van der Waals surface area contributed by atoms with E-state index in [9.17, 15) is 19.7 Å². The third-order valence-electron chi connectivity index (χ3n) is 3.52. The number of nitrogens with zero attached hydrogens (tertiary/aromatic N) is 1. The van der Waals surface area contributed by atoms with Crippen molar-refractivity contribution in [3.8, 4) is 5.75 Å². The van der Waals surface area contributed by atoms with E-state index in [1.54, 1.807) is 18.2 Å². The first-order valence-electron chi connectivity index (χ1n) is 7.73. The molecule has 26 heavy (non-hydrogen) atoms. The topological polar surface area (TPSA) is 108 Å². The zero-order chi connectivity index (χ0) is 19.1. The number of anilines is 1. The van der Waals surface area contributed by atoms with Gasteiger partial charge in [0.15, 0.2) is 6.61 Å². The number of nitrogens with one attached hydrogen (secondary N) is 1. The lowest BCUT2D eigenvalue weighted by Gasteiger charge is -2.11. The molecule has 0 aliphatic heterocycles. The average Bonchev–Trinajstić information content (AvgIpc) is 2.60. The number of benzene rings is 2. The van der Waals surface area contributed by atoms with Crippen LogP contribution in [0.4, 0.5) is 11.4 Å². The van der Waals surface area contributed by atoms with Gasteiger partial charge in [0, 0.05) is 11.6 Å². The minimum Gasteiger partial charge on any atom is -0.495 e. The van der Waals surface area contributed by atoms with Crippen molar-refractivity contribution in [2.45, 2.75) is 13.3 Å². The average molecular weight is 358 g/mol. The molecule has 2 rings (SSSR count). The third-order valence-corrected chi connectivity index (χ3v) is 3.52. The number of esters is 1. The molecule has 0 bridgehead atoms. The van der Waals surface area contributed by atoms with E-state index in [1.807, 2.05) is 13.0 Å². The van der Waals surface area contributed by atoms with Gasteiger partial charge in [0.25, 0.3) is 11.6 Å². The van der Waals surface area contributed by atoms with Crippen molar-refractivity contribution in [3.05, 3.63) is 63.7 Å². The predicted octanol–water partition coefficient (Wildman–Crippen LogP) is 2.64. The maximum atomic E-state index is 12.0. The summed E-state index contributed by atoms with van der Waals surface area (Å²) in [5.74, 6) is -0.786. The Morgan fingerprint density at radius 1 is 1.19 bits per heavy atom. The van der Waals surface area contributed by atoms with Gasteiger partial charge in [-0.25, -0.2) is 0 Å². The molecule has 0 heterocycles. The highest BCUT2D eigenvalue weighted by atomic mass is 16.6. The van der Waals surface area contributed by atoms with Crippen LogP contribution in [-0.2, 0) is 20.7 Å². The third kappa shape index (κ3) is 5.04. The molecule has 0 fully saturated rings. The van der Waals surface area contributed by atoms with E-state index in [1.165, 1.54) is 25.3 Å². The number of aryl methyl sites for hydroxylation is 1. The molecule has 8 nitrogen and oxygen atoms in total. The Hall–Kier alpha value is -3.42. The Labute approximate surface area is 149 Å². The molecule has 0 saturated heterocycles. The van der Waals surface area contributed by atoms with E-state index in [4.69, 9.17) is 9.47 Å². The molecular weight excluding hydrogens is 340 g/mol. The molecule has 0 aliphatic carbocycles. The maximum Gasteiger partial charge on any atom is 0.311 e. The number of carbonyl (C=O) groups is 2. The molecule has 0 atom stereocenters. The quantitative estimate of drug-likeness (QED) is 0.463. The van der Waals surface area contributed by atoms with Gasteiger partial charge in [0.2, 0.25) is 0 Å². The molecule has 0 aliphatic rings. The molecular formula is C18H18N2O6. The van der Waals surface area contributed by atoms with E-state index in [0.717, 1.165) is 5.56 Å². The second-order valence-corrected chi connectivity index (χ2v) is 5.48. The fraction of sp³-hybridized carbons (Fsp3) is 0.222. The highest BCUT2D eigenvalue weighted by Gasteiger charge is 2.17. The number of rotatable bonds is 7. The summed E-state index contributed by atoms with van der Waals surface area (Å²) in [6.07, 6.45) is -0.293. The summed E-state index contributed by atoms with van der Waals surface area (Å²) < 4.78 is 10.1. The first kappa shape index (κ1) is 18.9. The molecule has 2 aromatic carbocycles. The largest absolute Gasteiger partial charge is 0.495 e. The molecule has 1 amide bonds. The van der Waals surface area contributed by atoms with Gasteiger partial charge in [-0.15, -0.1) is 0 Å². The molecule has 8 heteroatoms. The van der Waals surface area contributed by atoms with Crippen LogP contribution in [0.5, 0.6) is 5.75 Å². The fourth-order valence-electron chi connectivity index (χ4n) is 2.30. The van der Waals surface area contributed by atoms with Crippen LogP contribution in [0.3, 0.4) is 0 Å². The van der Waals surface area contributed by atoms with Gasteiger partial charge in [0.05, 0.1) is 24.1 Å². The lowest BCUT2D eigenvalue weighted by atomic mass is 10.1. The highest BCUT2D eigenvalue weighted by molar-refractivity contribution is 5.94. The van der Waals surface area contributed by atoms with Gasteiger partial charge in [-0.05, 0) is 24.6 Å². The lowest BCUT2D eigenvalue weighted by molar-refractivity contribution is -0.385. The monoisotopic (exact) mass is 358 g/mol. The molecule has 136 valence electrons. The lowest BCUT2D eigenvalue weighted by Crippen LogP contribution is -2.22. The number of nitro benzene ring substituents is 1. The number of carbonyl (C=O) groups excluding carboxylic acids is 2. The maximum absolute atomic E-state index is 12.0. The zero-order valence-electron chi connectivity index (χ0n) is 14.4. The predicted molar refractivity (Wildman–Crippen MR) is 94.1 cm³/mol. The number of hydrogen-bond acceptors (Lipinski definition) is 6. The number of nitro groups is 1. The van der Waals surface area contributed by atoms with Crippen LogP contribution in [0, 0.1) is 17.0 Å². The van der Waals surface area contributed by atoms with Crippen LogP contribution in [0.25, 0.3) is 0 Å². The fourth-order valence-corrected chi connectivity index (χ4v) is 2.30. The van der Waals surface area contributed by atoms with Gasteiger partial charge in [-0.3, -0.25) is 19.7 Å². The summed E-state index contributed by atoms with van der Waals surface area (Å²) in [6, 6.07) is 11.1. The van der Waals surface area contributed by atoms with E-state index in [0.29, 0.717) is 11.4 Å². The summed E-state index contributed by atoms with van der Waals surface area (Å²) >= 11 is 0.